The normalized spacial score (nSPS) is 20.4. The molecule has 0 bridgehead atoms. The summed E-state index contributed by atoms with van der Waals surface area (Å²) in [6, 6.07) is 2.81. The number of pyridine rings is 1. The van der Waals surface area contributed by atoms with Gasteiger partial charge in [-0.2, -0.15) is 4.31 Å². The Morgan fingerprint density at radius 1 is 1.23 bits per heavy atom. The van der Waals surface area contributed by atoms with Gasteiger partial charge in [-0.3, -0.25) is 0 Å². The van der Waals surface area contributed by atoms with Crippen LogP contribution < -0.4 is 5.73 Å². The van der Waals surface area contributed by atoms with Gasteiger partial charge in [0.15, 0.2) is 11.0 Å². The van der Waals surface area contributed by atoms with E-state index in [0.717, 1.165) is 11.9 Å². The molecule has 0 aromatic carbocycles. The van der Waals surface area contributed by atoms with Crippen LogP contribution in [-0.2, 0) is 10.0 Å². The number of nitrogens with zero attached hydrogens (tertiary/aromatic N) is 5. The standard InChI is InChI=1S/C18H19ClFN7O2S/c1-10-9-27(30(28,29)12-7-23-18(21)24-8-12)5-4-13(10)15-16(19)26-17(25-15)14-3-2-11(20)6-22-14/h2-3,6-8,10,13H,4-5,9H2,1H3,(H,25,26)(H2,21,23,24)/t10-,13+/m0/s1. The molecule has 9 nitrogen and oxygen atoms in total. The van der Waals surface area contributed by atoms with E-state index in [0.29, 0.717) is 36.2 Å². The Balaban J connectivity index is 1.54. The van der Waals surface area contributed by atoms with Crippen LogP contribution in [0.2, 0.25) is 5.15 Å². The largest absolute Gasteiger partial charge is 0.368 e. The molecule has 0 unspecified atom stereocenters. The number of imidazole rings is 1. The molecule has 0 aliphatic carbocycles. The molecule has 4 rings (SSSR count). The van der Waals surface area contributed by atoms with E-state index < -0.39 is 15.8 Å². The van der Waals surface area contributed by atoms with Crippen molar-refractivity contribution in [3.63, 3.8) is 0 Å². The van der Waals surface area contributed by atoms with Crippen LogP contribution >= 0.6 is 11.6 Å². The number of nitrogen functional groups attached to an aromatic ring is 1. The highest BCUT2D eigenvalue weighted by Crippen LogP contribution is 2.37. The fourth-order valence-electron chi connectivity index (χ4n) is 3.61. The van der Waals surface area contributed by atoms with Gasteiger partial charge in [0.2, 0.25) is 16.0 Å². The fourth-order valence-corrected chi connectivity index (χ4v) is 5.33. The Labute approximate surface area is 177 Å². The van der Waals surface area contributed by atoms with Gasteiger partial charge < -0.3 is 10.7 Å². The van der Waals surface area contributed by atoms with Crippen LogP contribution in [0, 0.1) is 11.7 Å². The second-order valence-electron chi connectivity index (χ2n) is 7.16. The topological polar surface area (TPSA) is 131 Å². The summed E-state index contributed by atoms with van der Waals surface area (Å²) < 4.78 is 40.3. The average molecular weight is 452 g/mol. The smallest absolute Gasteiger partial charge is 0.246 e. The third-order valence-corrected chi connectivity index (χ3v) is 7.29. The van der Waals surface area contributed by atoms with E-state index in [4.69, 9.17) is 17.3 Å². The first kappa shape index (κ1) is 20.6. The number of hydrogen-bond donors (Lipinski definition) is 2. The third kappa shape index (κ3) is 3.87. The summed E-state index contributed by atoms with van der Waals surface area (Å²) in [5.74, 6) is -0.0357. The van der Waals surface area contributed by atoms with Gasteiger partial charge in [0.05, 0.1) is 24.3 Å². The van der Waals surface area contributed by atoms with Gasteiger partial charge in [0.25, 0.3) is 0 Å². The van der Waals surface area contributed by atoms with Gasteiger partial charge in [-0.25, -0.2) is 32.7 Å². The van der Waals surface area contributed by atoms with Crippen LogP contribution in [0.15, 0.2) is 35.6 Å². The van der Waals surface area contributed by atoms with Crippen molar-refractivity contribution >= 4 is 27.6 Å². The van der Waals surface area contributed by atoms with E-state index in [1.165, 1.54) is 28.8 Å². The zero-order chi connectivity index (χ0) is 21.5. The van der Waals surface area contributed by atoms with E-state index in [1.807, 2.05) is 6.92 Å². The van der Waals surface area contributed by atoms with Gasteiger partial charge in [0, 0.05) is 19.0 Å². The van der Waals surface area contributed by atoms with E-state index in [-0.39, 0.29) is 22.7 Å². The van der Waals surface area contributed by atoms with E-state index in [9.17, 15) is 12.8 Å². The molecule has 3 N–H and O–H groups in total. The number of piperidine rings is 1. The van der Waals surface area contributed by atoms with E-state index in [1.54, 1.807) is 0 Å². The van der Waals surface area contributed by atoms with Crippen molar-refractivity contribution < 1.29 is 12.8 Å². The second kappa shape index (κ2) is 7.89. The molecule has 158 valence electrons. The Kier molecular flexibility index (Phi) is 5.43. The summed E-state index contributed by atoms with van der Waals surface area (Å²) in [6.45, 7) is 2.57. The summed E-state index contributed by atoms with van der Waals surface area (Å²) in [7, 11) is -3.72. The summed E-state index contributed by atoms with van der Waals surface area (Å²) in [4.78, 5) is 19.1. The number of aromatic amines is 1. The number of nitrogens with two attached hydrogens (primary N) is 1. The van der Waals surface area contributed by atoms with Gasteiger partial charge in [-0.1, -0.05) is 18.5 Å². The van der Waals surface area contributed by atoms with Crippen LogP contribution in [0.1, 0.15) is 25.0 Å². The number of rotatable bonds is 4. The predicted octanol–water partition coefficient (Wildman–Crippen LogP) is 2.45. The fraction of sp³-hybridized carbons (Fsp3) is 0.333. The minimum absolute atomic E-state index is 0.00610. The van der Waals surface area contributed by atoms with Crippen LogP contribution in [-0.4, -0.2) is 50.7 Å². The minimum Gasteiger partial charge on any atom is -0.368 e. The lowest BCUT2D eigenvalue weighted by Gasteiger charge is -2.35. The van der Waals surface area contributed by atoms with Crippen molar-refractivity contribution in [2.75, 3.05) is 18.8 Å². The molecule has 30 heavy (non-hydrogen) atoms. The number of aromatic nitrogens is 5. The maximum absolute atomic E-state index is 13.1. The molecule has 0 spiro atoms. The maximum atomic E-state index is 13.1. The van der Waals surface area contributed by atoms with Crippen LogP contribution in [0.3, 0.4) is 0 Å². The molecular weight excluding hydrogens is 433 g/mol. The van der Waals surface area contributed by atoms with Gasteiger partial charge in [-0.05, 0) is 24.5 Å². The number of nitrogens with one attached hydrogen (secondary N) is 1. The molecule has 0 amide bonds. The van der Waals surface area contributed by atoms with E-state index >= 15 is 0 Å². The Bertz CT molecular complexity index is 1150. The summed E-state index contributed by atoms with van der Waals surface area (Å²) in [5, 5.41) is 0.302. The van der Waals surface area contributed by atoms with Gasteiger partial charge >= 0.3 is 0 Å². The zero-order valence-corrected chi connectivity index (χ0v) is 17.5. The first-order valence-corrected chi connectivity index (χ1v) is 11.0. The Morgan fingerprint density at radius 2 is 1.97 bits per heavy atom. The Hall–Kier alpha value is -2.63. The van der Waals surface area contributed by atoms with Crippen LogP contribution in [0.5, 0.6) is 0 Å². The third-order valence-electron chi connectivity index (χ3n) is 5.18. The van der Waals surface area contributed by atoms with Crippen molar-refractivity contribution in [1.29, 1.82) is 0 Å². The first-order chi connectivity index (χ1) is 14.3. The van der Waals surface area contributed by atoms with Gasteiger partial charge in [-0.15, -0.1) is 0 Å². The molecule has 1 aliphatic heterocycles. The summed E-state index contributed by atoms with van der Waals surface area (Å²) in [5.41, 5.74) is 6.64. The number of halogens is 2. The minimum atomic E-state index is -3.72. The SMILES string of the molecule is C[C@H]1CN(S(=O)(=O)c2cnc(N)nc2)CC[C@H]1c1[nH]c(-c2ccc(F)cn2)nc1Cl. The monoisotopic (exact) mass is 451 g/mol. The van der Waals surface area contributed by atoms with Crippen molar-refractivity contribution in [2.24, 2.45) is 5.92 Å². The molecule has 0 saturated carbocycles. The highest BCUT2D eigenvalue weighted by atomic mass is 35.5. The molecule has 1 aliphatic rings. The molecule has 4 heterocycles. The van der Waals surface area contributed by atoms with Crippen molar-refractivity contribution in [3.8, 4) is 11.5 Å². The molecule has 3 aromatic rings. The number of sulfonamides is 1. The van der Waals surface area contributed by atoms with Crippen molar-refractivity contribution in [3.05, 3.63) is 47.4 Å². The summed E-state index contributed by atoms with van der Waals surface area (Å²) in [6.07, 6.45) is 4.08. The highest BCUT2D eigenvalue weighted by Gasteiger charge is 2.36. The zero-order valence-electron chi connectivity index (χ0n) is 16.0. The van der Waals surface area contributed by atoms with Gasteiger partial charge in [0.1, 0.15) is 16.4 Å². The van der Waals surface area contributed by atoms with Crippen molar-refractivity contribution in [1.82, 2.24) is 29.2 Å². The quantitative estimate of drug-likeness (QED) is 0.622. The lowest BCUT2D eigenvalue weighted by Crippen LogP contribution is -2.42. The van der Waals surface area contributed by atoms with E-state index in [2.05, 4.69) is 24.9 Å². The average Bonchev–Trinajstić information content (AvgIpc) is 3.10. The molecular formula is C18H19ClFN7O2S. The first-order valence-electron chi connectivity index (χ1n) is 9.20. The molecule has 3 aromatic heterocycles. The Morgan fingerprint density at radius 3 is 2.60 bits per heavy atom. The number of hydrogen-bond acceptors (Lipinski definition) is 7. The summed E-state index contributed by atoms with van der Waals surface area (Å²) >= 11 is 6.36. The predicted molar refractivity (Wildman–Crippen MR) is 109 cm³/mol. The molecule has 12 heteroatoms. The molecule has 1 fully saturated rings. The number of anilines is 1. The van der Waals surface area contributed by atoms with Crippen LogP contribution in [0.4, 0.5) is 10.3 Å². The molecule has 1 saturated heterocycles. The maximum Gasteiger partial charge on any atom is 0.246 e. The lowest BCUT2D eigenvalue weighted by atomic mass is 9.86. The van der Waals surface area contributed by atoms with Crippen molar-refractivity contribution in [2.45, 2.75) is 24.2 Å². The van der Waals surface area contributed by atoms with Crippen LogP contribution in [0.25, 0.3) is 11.5 Å². The number of H-pyrrole nitrogens is 1. The molecule has 0 radical (unpaired) electrons. The second-order valence-corrected chi connectivity index (χ2v) is 9.46. The molecule has 2 atom stereocenters. The highest BCUT2D eigenvalue weighted by molar-refractivity contribution is 7.89. The lowest BCUT2D eigenvalue weighted by molar-refractivity contribution is 0.246.